The molecule has 4 heteroatoms. The molecule has 1 heterocycles. The molecule has 1 saturated carbocycles. The molecule has 2 fully saturated rings. The Morgan fingerprint density at radius 3 is 2.81 bits per heavy atom. The quantitative estimate of drug-likeness (QED) is 0.875. The van der Waals surface area contributed by atoms with E-state index in [0.717, 1.165) is 37.6 Å². The fourth-order valence-corrected chi connectivity index (χ4v) is 3.21. The van der Waals surface area contributed by atoms with Crippen LogP contribution in [0.1, 0.15) is 32.6 Å². The maximum absolute atomic E-state index is 6.25. The molecule has 3 rings (SSSR count). The third-order valence-corrected chi connectivity index (χ3v) is 4.26. The summed E-state index contributed by atoms with van der Waals surface area (Å²) in [6.45, 7) is 4.37. The molecule has 0 bridgehead atoms. The number of para-hydroxylation sites is 2. The van der Waals surface area contributed by atoms with Gasteiger partial charge in [0, 0.05) is 18.7 Å². The summed E-state index contributed by atoms with van der Waals surface area (Å²) in [5.41, 5.74) is 0. The van der Waals surface area contributed by atoms with Crippen LogP contribution in [0, 0.1) is 0 Å². The molecule has 1 aliphatic carbocycles. The topological polar surface area (TPSA) is 39.7 Å². The monoisotopic (exact) mass is 291 g/mol. The second-order valence-electron chi connectivity index (χ2n) is 5.80. The van der Waals surface area contributed by atoms with Crippen LogP contribution in [0.2, 0.25) is 0 Å². The lowest BCUT2D eigenvalue weighted by Crippen LogP contribution is -2.45. The number of benzene rings is 1. The standard InChI is InChI=1S/C17H25NO3/c1-2-20-16-7-3-4-8-17(16)21-15-9-5-6-14(15)18-13-10-11-19-12-13/h3-4,7-8,13-15,18H,2,5-6,9-12H2,1H3/t13-,14-,15-/m1/s1. The van der Waals surface area contributed by atoms with Gasteiger partial charge < -0.3 is 19.5 Å². The van der Waals surface area contributed by atoms with E-state index in [2.05, 4.69) is 5.32 Å². The summed E-state index contributed by atoms with van der Waals surface area (Å²) >= 11 is 0. The average Bonchev–Trinajstić information content (AvgIpc) is 3.15. The summed E-state index contributed by atoms with van der Waals surface area (Å²) < 4.78 is 17.4. The Balaban J connectivity index is 1.62. The van der Waals surface area contributed by atoms with E-state index in [1.807, 2.05) is 31.2 Å². The zero-order valence-corrected chi connectivity index (χ0v) is 12.7. The second-order valence-corrected chi connectivity index (χ2v) is 5.80. The van der Waals surface area contributed by atoms with Crippen molar-refractivity contribution in [3.63, 3.8) is 0 Å². The normalized spacial score (nSPS) is 28.7. The zero-order valence-electron chi connectivity index (χ0n) is 12.7. The molecule has 0 amide bonds. The number of hydrogen-bond donors (Lipinski definition) is 1. The van der Waals surface area contributed by atoms with Gasteiger partial charge in [0.15, 0.2) is 11.5 Å². The van der Waals surface area contributed by atoms with Crippen molar-refractivity contribution < 1.29 is 14.2 Å². The summed E-state index contributed by atoms with van der Waals surface area (Å²) in [6, 6.07) is 8.87. The minimum atomic E-state index is 0.229. The summed E-state index contributed by atoms with van der Waals surface area (Å²) in [5.74, 6) is 1.70. The molecule has 0 aromatic heterocycles. The molecule has 0 radical (unpaired) electrons. The smallest absolute Gasteiger partial charge is 0.161 e. The van der Waals surface area contributed by atoms with E-state index < -0.39 is 0 Å². The van der Waals surface area contributed by atoms with Crippen molar-refractivity contribution in [3.8, 4) is 11.5 Å². The highest BCUT2D eigenvalue weighted by atomic mass is 16.5. The minimum absolute atomic E-state index is 0.229. The van der Waals surface area contributed by atoms with Gasteiger partial charge >= 0.3 is 0 Å². The van der Waals surface area contributed by atoms with E-state index in [1.165, 1.54) is 12.8 Å². The van der Waals surface area contributed by atoms with Gasteiger partial charge in [-0.25, -0.2) is 0 Å². The molecule has 0 spiro atoms. The Hall–Kier alpha value is -1.26. The molecular formula is C17H25NO3. The lowest BCUT2D eigenvalue weighted by atomic mass is 10.1. The van der Waals surface area contributed by atoms with Crippen molar-refractivity contribution in [3.05, 3.63) is 24.3 Å². The Bertz CT molecular complexity index is 445. The van der Waals surface area contributed by atoms with Crippen LogP contribution in [0.15, 0.2) is 24.3 Å². The Morgan fingerprint density at radius 1 is 1.19 bits per heavy atom. The molecular weight excluding hydrogens is 266 g/mol. The van der Waals surface area contributed by atoms with Crippen molar-refractivity contribution in [2.45, 2.75) is 50.8 Å². The lowest BCUT2D eigenvalue weighted by Gasteiger charge is -2.25. The number of hydrogen-bond acceptors (Lipinski definition) is 4. The molecule has 21 heavy (non-hydrogen) atoms. The summed E-state index contributed by atoms with van der Waals surface area (Å²) in [4.78, 5) is 0. The first-order valence-corrected chi connectivity index (χ1v) is 8.09. The molecule has 1 aromatic carbocycles. The van der Waals surface area contributed by atoms with Gasteiger partial charge in [0.05, 0.1) is 13.2 Å². The zero-order chi connectivity index (χ0) is 14.5. The highest BCUT2D eigenvalue weighted by Crippen LogP contribution is 2.32. The van der Waals surface area contributed by atoms with Gasteiger partial charge in [0.25, 0.3) is 0 Å². The molecule has 1 aromatic rings. The molecule has 1 saturated heterocycles. The van der Waals surface area contributed by atoms with Crippen LogP contribution in [0.25, 0.3) is 0 Å². The van der Waals surface area contributed by atoms with Gasteiger partial charge in [-0.05, 0) is 44.7 Å². The van der Waals surface area contributed by atoms with Crippen molar-refractivity contribution >= 4 is 0 Å². The van der Waals surface area contributed by atoms with Gasteiger partial charge in [0.2, 0.25) is 0 Å². The summed E-state index contributed by atoms with van der Waals surface area (Å²) in [5, 5.41) is 3.71. The highest BCUT2D eigenvalue weighted by molar-refractivity contribution is 5.39. The van der Waals surface area contributed by atoms with Crippen LogP contribution in [0.4, 0.5) is 0 Å². The van der Waals surface area contributed by atoms with Gasteiger partial charge in [-0.2, -0.15) is 0 Å². The molecule has 1 N–H and O–H groups in total. The van der Waals surface area contributed by atoms with Crippen LogP contribution in [-0.4, -0.2) is 38.0 Å². The number of nitrogens with one attached hydrogen (secondary N) is 1. The van der Waals surface area contributed by atoms with Crippen molar-refractivity contribution in [1.29, 1.82) is 0 Å². The Kier molecular flexibility index (Phi) is 4.99. The minimum Gasteiger partial charge on any atom is -0.490 e. The fourth-order valence-electron chi connectivity index (χ4n) is 3.21. The van der Waals surface area contributed by atoms with Crippen molar-refractivity contribution in [1.82, 2.24) is 5.32 Å². The van der Waals surface area contributed by atoms with E-state index >= 15 is 0 Å². The molecule has 1 aliphatic heterocycles. The number of ether oxygens (including phenoxy) is 3. The first-order valence-electron chi connectivity index (χ1n) is 8.09. The molecule has 0 unspecified atom stereocenters. The second kappa shape index (κ2) is 7.14. The SMILES string of the molecule is CCOc1ccccc1O[C@@H]1CCC[C@H]1N[C@@H]1CCOC1. The van der Waals surface area contributed by atoms with Gasteiger partial charge in [0.1, 0.15) is 6.10 Å². The predicted molar refractivity (Wildman–Crippen MR) is 82.0 cm³/mol. The van der Waals surface area contributed by atoms with E-state index in [-0.39, 0.29) is 6.10 Å². The predicted octanol–water partition coefficient (Wildman–Crippen LogP) is 2.76. The van der Waals surface area contributed by atoms with Crippen molar-refractivity contribution in [2.24, 2.45) is 0 Å². The largest absolute Gasteiger partial charge is 0.490 e. The maximum atomic E-state index is 6.25. The third-order valence-electron chi connectivity index (χ3n) is 4.26. The van der Waals surface area contributed by atoms with Gasteiger partial charge in [-0.1, -0.05) is 12.1 Å². The summed E-state index contributed by atoms with van der Waals surface area (Å²) in [6.07, 6.45) is 4.84. The highest BCUT2D eigenvalue weighted by Gasteiger charge is 2.32. The van der Waals surface area contributed by atoms with Crippen molar-refractivity contribution in [2.75, 3.05) is 19.8 Å². The van der Waals surface area contributed by atoms with Gasteiger partial charge in [-0.15, -0.1) is 0 Å². The van der Waals surface area contributed by atoms with Crippen LogP contribution in [-0.2, 0) is 4.74 Å². The van der Waals surface area contributed by atoms with E-state index in [0.29, 0.717) is 18.7 Å². The average molecular weight is 291 g/mol. The Morgan fingerprint density at radius 2 is 2.05 bits per heavy atom. The van der Waals surface area contributed by atoms with Crippen LogP contribution < -0.4 is 14.8 Å². The van der Waals surface area contributed by atoms with Crippen LogP contribution >= 0.6 is 0 Å². The Labute approximate surface area is 126 Å². The summed E-state index contributed by atoms with van der Waals surface area (Å²) in [7, 11) is 0. The first kappa shape index (κ1) is 14.7. The van der Waals surface area contributed by atoms with Crippen LogP contribution in [0.5, 0.6) is 11.5 Å². The van der Waals surface area contributed by atoms with E-state index in [1.54, 1.807) is 0 Å². The van der Waals surface area contributed by atoms with E-state index in [4.69, 9.17) is 14.2 Å². The molecule has 116 valence electrons. The third kappa shape index (κ3) is 3.69. The van der Waals surface area contributed by atoms with E-state index in [9.17, 15) is 0 Å². The molecule has 3 atom stereocenters. The molecule has 4 nitrogen and oxygen atoms in total. The van der Waals surface area contributed by atoms with Crippen LogP contribution in [0.3, 0.4) is 0 Å². The first-order chi connectivity index (χ1) is 10.4. The fraction of sp³-hybridized carbons (Fsp3) is 0.647. The number of rotatable bonds is 6. The van der Waals surface area contributed by atoms with Gasteiger partial charge in [-0.3, -0.25) is 0 Å². The molecule has 2 aliphatic rings. The lowest BCUT2D eigenvalue weighted by molar-refractivity contribution is 0.151. The maximum Gasteiger partial charge on any atom is 0.161 e.